The highest BCUT2D eigenvalue weighted by atomic mass is 16.5. The van der Waals surface area contributed by atoms with Crippen LogP contribution in [0, 0.1) is 5.41 Å². The maximum absolute atomic E-state index is 12.0. The van der Waals surface area contributed by atoms with E-state index < -0.39 is 16.9 Å². The third kappa shape index (κ3) is 2.35. The van der Waals surface area contributed by atoms with Crippen molar-refractivity contribution in [1.29, 1.82) is 0 Å². The van der Waals surface area contributed by atoms with E-state index in [0.29, 0.717) is 13.0 Å². The molecule has 0 aromatic rings. The Kier molecular flexibility index (Phi) is 4.34. The van der Waals surface area contributed by atoms with Crippen molar-refractivity contribution < 1.29 is 19.1 Å². The van der Waals surface area contributed by atoms with Crippen molar-refractivity contribution in [2.24, 2.45) is 11.1 Å². The van der Waals surface area contributed by atoms with Gasteiger partial charge in [0, 0.05) is 18.4 Å². The number of hydrogen-bond donors (Lipinski definition) is 2. The van der Waals surface area contributed by atoms with E-state index in [4.69, 9.17) is 10.5 Å². The van der Waals surface area contributed by atoms with Gasteiger partial charge >= 0.3 is 5.97 Å². The Balaban J connectivity index is 2.61. The maximum atomic E-state index is 12.0. The van der Waals surface area contributed by atoms with Gasteiger partial charge in [0.2, 0.25) is 5.91 Å². The number of rotatable bonds is 5. The Bertz CT molecular complexity index is 343. The number of methoxy groups -OCH3 is 1. The molecule has 0 saturated heterocycles. The molecule has 6 heteroatoms. The average molecular weight is 258 g/mol. The Hall–Kier alpha value is -1.14. The molecule has 0 aliphatic heterocycles. The van der Waals surface area contributed by atoms with Crippen molar-refractivity contribution in [2.75, 3.05) is 20.3 Å². The summed E-state index contributed by atoms with van der Waals surface area (Å²) in [5, 5.41) is 2.50. The van der Waals surface area contributed by atoms with Gasteiger partial charge in [-0.15, -0.1) is 0 Å². The smallest absolute Gasteiger partial charge is 0.325 e. The van der Waals surface area contributed by atoms with E-state index in [2.05, 4.69) is 10.1 Å². The number of nitrogens with one attached hydrogen (secondary N) is 1. The second-order valence-corrected chi connectivity index (χ2v) is 5.10. The van der Waals surface area contributed by atoms with Crippen molar-refractivity contribution in [3.63, 3.8) is 0 Å². The number of carbonyl (C=O) groups is 2. The van der Waals surface area contributed by atoms with Crippen LogP contribution in [0.25, 0.3) is 0 Å². The highest BCUT2D eigenvalue weighted by molar-refractivity contribution is 5.91. The van der Waals surface area contributed by atoms with E-state index in [1.54, 1.807) is 0 Å². The summed E-state index contributed by atoms with van der Waals surface area (Å²) in [5.74, 6) is -0.834. The molecule has 0 spiro atoms. The zero-order valence-electron chi connectivity index (χ0n) is 11.4. The third-order valence-electron chi connectivity index (χ3n) is 3.86. The predicted octanol–water partition coefficient (Wildman–Crippen LogP) is -0.192. The van der Waals surface area contributed by atoms with Gasteiger partial charge in [0.1, 0.15) is 12.1 Å². The van der Waals surface area contributed by atoms with E-state index in [9.17, 15) is 9.59 Å². The first-order valence-corrected chi connectivity index (χ1v) is 6.05. The molecule has 104 valence electrons. The number of amides is 1. The van der Waals surface area contributed by atoms with Crippen LogP contribution in [-0.4, -0.2) is 43.8 Å². The standard InChI is InChI=1S/C12H22N2O4/c1-5-18-8-6-12(13,11(8,2)3)10(16)14-7-9(15)17-4/h8H,5-7,13H2,1-4H3,(H,14,16). The van der Waals surface area contributed by atoms with Crippen LogP contribution in [0.2, 0.25) is 0 Å². The summed E-state index contributed by atoms with van der Waals surface area (Å²) in [7, 11) is 1.27. The normalized spacial score (nSPS) is 29.3. The van der Waals surface area contributed by atoms with Gasteiger partial charge in [0.05, 0.1) is 13.2 Å². The molecule has 0 heterocycles. The van der Waals surface area contributed by atoms with Crippen molar-refractivity contribution >= 4 is 11.9 Å². The maximum Gasteiger partial charge on any atom is 0.325 e. The first kappa shape index (κ1) is 14.9. The molecular weight excluding hydrogens is 236 g/mol. The van der Waals surface area contributed by atoms with Gasteiger partial charge in [-0.2, -0.15) is 0 Å². The topological polar surface area (TPSA) is 90.6 Å². The van der Waals surface area contributed by atoms with E-state index in [-0.39, 0.29) is 18.6 Å². The third-order valence-corrected chi connectivity index (χ3v) is 3.86. The summed E-state index contributed by atoms with van der Waals surface area (Å²) in [6.45, 7) is 6.13. The molecule has 0 aromatic carbocycles. The summed E-state index contributed by atoms with van der Waals surface area (Å²) < 4.78 is 9.99. The lowest BCUT2D eigenvalue weighted by molar-refractivity contribution is -0.171. The molecule has 2 unspecified atom stereocenters. The monoisotopic (exact) mass is 258 g/mol. The summed E-state index contributed by atoms with van der Waals surface area (Å²) in [4.78, 5) is 23.0. The van der Waals surface area contributed by atoms with Crippen molar-refractivity contribution in [2.45, 2.75) is 38.8 Å². The lowest BCUT2D eigenvalue weighted by atomic mass is 9.54. The highest BCUT2D eigenvalue weighted by Crippen LogP contribution is 2.49. The SMILES string of the molecule is CCOC1CC(N)(C(=O)NCC(=O)OC)C1(C)C. The van der Waals surface area contributed by atoms with Crippen LogP contribution in [0.4, 0.5) is 0 Å². The van der Waals surface area contributed by atoms with Crippen LogP contribution in [0.5, 0.6) is 0 Å². The van der Waals surface area contributed by atoms with Crippen molar-refractivity contribution in [3.8, 4) is 0 Å². The van der Waals surface area contributed by atoms with Gasteiger partial charge < -0.3 is 20.5 Å². The van der Waals surface area contributed by atoms with Crippen molar-refractivity contribution in [3.05, 3.63) is 0 Å². The average Bonchev–Trinajstić information content (AvgIpc) is 2.34. The molecular formula is C12H22N2O4. The zero-order chi connectivity index (χ0) is 14.0. The fraction of sp³-hybridized carbons (Fsp3) is 0.833. The number of ether oxygens (including phenoxy) is 2. The van der Waals surface area contributed by atoms with Gasteiger partial charge in [0.15, 0.2) is 0 Å². The van der Waals surface area contributed by atoms with Gasteiger partial charge in [-0.05, 0) is 6.92 Å². The minimum absolute atomic E-state index is 0.0311. The molecule has 2 atom stereocenters. The van der Waals surface area contributed by atoms with Gasteiger partial charge in [0.25, 0.3) is 0 Å². The Labute approximate surface area is 107 Å². The fourth-order valence-corrected chi connectivity index (χ4v) is 2.20. The minimum atomic E-state index is -0.999. The summed E-state index contributed by atoms with van der Waals surface area (Å²) in [6.07, 6.45) is 0.428. The number of carbonyl (C=O) groups excluding carboxylic acids is 2. The van der Waals surface area contributed by atoms with Gasteiger partial charge in [-0.25, -0.2) is 0 Å². The summed E-state index contributed by atoms with van der Waals surface area (Å²) in [6, 6.07) is 0. The Morgan fingerprint density at radius 1 is 1.44 bits per heavy atom. The number of hydrogen-bond acceptors (Lipinski definition) is 5. The van der Waals surface area contributed by atoms with Crippen LogP contribution in [0.3, 0.4) is 0 Å². The Morgan fingerprint density at radius 2 is 2.06 bits per heavy atom. The molecule has 0 radical (unpaired) electrons. The van der Waals surface area contributed by atoms with E-state index >= 15 is 0 Å². The molecule has 1 aliphatic rings. The summed E-state index contributed by atoms with van der Waals surface area (Å²) in [5.41, 5.74) is 4.67. The van der Waals surface area contributed by atoms with Crippen LogP contribution in [0.15, 0.2) is 0 Å². The van der Waals surface area contributed by atoms with E-state index in [1.165, 1.54) is 7.11 Å². The van der Waals surface area contributed by atoms with E-state index in [1.807, 2.05) is 20.8 Å². The molecule has 0 aromatic heterocycles. The lowest BCUT2D eigenvalue weighted by Crippen LogP contribution is -2.76. The Morgan fingerprint density at radius 3 is 2.50 bits per heavy atom. The molecule has 1 rings (SSSR count). The number of esters is 1. The molecule has 1 fully saturated rings. The van der Waals surface area contributed by atoms with Crippen LogP contribution >= 0.6 is 0 Å². The minimum Gasteiger partial charge on any atom is -0.468 e. The van der Waals surface area contributed by atoms with Gasteiger partial charge in [-0.3, -0.25) is 9.59 Å². The number of nitrogens with two attached hydrogens (primary N) is 1. The first-order chi connectivity index (χ1) is 8.29. The molecule has 0 bridgehead atoms. The quantitative estimate of drug-likeness (QED) is 0.667. The zero-order valence-corrected chi connectivity index (χ0v) is 11.4. The van der Waals surface area contributed by atoms with E-state index in [0.717, 1.165) is 0 Å². The van der Waals surface area contributed by atoms with Gasteiger partial charge in [-0.1, -0.05) is 13.8 Å². The second-order valence-electron chi connectivity index (χ2n) is 5.10. The largest absolute Gasteiger partial charge is 0.468 e. The molecule has 1 amide bonds. The summed E-state index contributed by atoms with van der Waals surface area (Å²) >= 11 is 0. The molecule has 1 saturated carbocycles. The molecule has 3 N–H and O–H groups in total. The highest BCUT2D eigenvalue weighted by Gasteiger charge is 2.62. The molecule has 1 aliphatic carbocycles. The van der Waals surface area contributed by atoms with Crippen molar-refractivity contribution in [1.82, 2.24) is 5.32 Å². The van der Waals surface area contributed by atoms with Crippen LogP contribution in [-0.2, 0) is 19.1 Å². The van der Waals surface area contributed by atoms with Crippen LogP contribution < -0.4 is 11.1 Å². The first-order valence-electron chi connectivity index (χ1n) is 6.05. The molecule has 18 heavy (non-hydrogen) atoms. The fourth-order valence-electron chi connectivity index (χ4n) is 2.20. The predicted molar refractivity (Wildman–Crippen MR) is 65.8 cm³/mol. The second kappa shape index (κ2) is 5.24. The van der Waals surface area contributed by atoms with Crippen LogP contribution in [0.1, 0.15) is 27.2 Å². The lowest BCUT2D eigenvalue weighted by Gasteiger charge is -2.57. The molecule has 6 nitrogen and oxygen atoms in total.